The van der Waals surface area contributed by atoms with E-state index in [4.69, 9.17) is 18.0 Å². The number of carboxylic acids is 1. The van der Waals surface area contributed by atoms with Gasteiger partial charge in [-0.05, 0) is 11.6 Å². The number of imidazole rings is 1. The van der Waals surface area contributed by atoms with E-state index in [9.17, 15) is 15.2 Å². The molecule has 2 unspecified atom stereocenters. The molecule has 0 aliphatic rings. The number of nitrogens with zero attached hydrogens (tertiary/aromatic N) is 3. The van der Waals surface area contributed by atoms with E-state index in [1.165, 1.54) is 0 Å². The summed E-state index contributed by atoms with van der Waals surface area (Å²) in [6.07, 6.45) is 8.53. The molecule has 0 aliphatic carbocycles. The van der Waals surface area contributed by atoms with Gasteiger partial charge in [0.2, 0.25) is 0 Å². The van der Waals surface area contributed by atoms with Crippen LogP contribution in [0, 0.1) is 23.7 Å². The van der Waals surface area contributed by atoms with Crippen LogP contribution in [0.1, 0.15) is 30.0 Å². The molecule has 2 aromatic rings. The second-order valence-corrected chi connectivity index (χ2v) is 5.97. The molecule has 0 saturated carbocycles. The average Bonchev–Trinajstić information content (AvgIpc) is 2.97. The van der Waals surface area contributed by atoms with Crippen molar-refractivity contribution >= 4 is 17.6 Å². The van der Waals surface area contributed by atoms with Crippen molar-refractivity contribution in [2.24, 2.45) is 7.05 Å². The van der Waals surface area contributed by atoms with Gasteiger partial charge < -0.3 is 9.67 Å². The number of aromatic nitrogens is 2. The summed E-state index contributed by atoms with van der Waals surface area (Å²) in [6, 6.07) is 9.12. The smallest absolute Gasteiger partial charge is 0.304 e. The van der Waals surface area contributed by atoms with Crippen LogP contribution in [0.5, 0.6) is 0 Å². The number of nitriles is 1. The molecule has 0 bridgehead atoms. The van der Waals surface area contributed by atoms with Crippen LogP contribution in [0.4, 0.5) is 0 Å². The van der Waals surface area contributed by atoms with Crippen LogP contribution in [0.25, 0.3) is 0 Å². The van der Waals surface area contributed by atoms with Gasteiger partial charge in [-0.3, -0.25) is 4.79 Å². The van der Waals surface area contributed by atoms with Crippen LogP contribution in [0.15, 0.2) is 36.8 Å². The maximum atomic E-state index is 11.4. The molecule has 0 saturated heterocycles. The summed E-state index contributed by atoms with van der Waals surface area (Å²) in [7, 11) is 1.78. The zero-order valence-electron chi connectivity index (χ0n) is 13.1. The van der Waals surface area contributed by atoms with Gasteiger partial charge in [0.25, 0.3) is 0 Å². The summed E-state index contributed by atoms with van der Waals surface area (Å²) in [5.41, 5.74) is -0.263. The van der Waals surface area contributed by atoms with E-state index >= 15 is 0 Å². The Hall–Kier alpha value is -2.76. The van der Waals surface area contributed by atoms with Gasteiger partial charge in [-0.1, -0.05) is 29.8 Å². The first-order valence-corrected chi connectivity index (χ1v) is 7.61. The molecule has 0 spiro atoms. The number of aliphatic carboxylic acids is 1. The zero-order valence-corrected chi connectivity index (χ0v) is 13.9. The van der Waals surface area contributed by atoms with Gasteiger partial charge in [0, 0.05) is 30.6 Å². The Bertz CT molecular complexity index is 831. The fourth-order valence-corrected chi connectivity index (χ4v) is 3.19. The van der Waals surface area contributed by atoms with Crippen molar-refractivity contribution < 1.29 is 9.90 Å². The van der Waals surface area contributed by atoms with Crippen LogP contribution < -0.4 is 0 Å². The first-order valence-electron chi connectivity index (χ1n) is 7.24. The van der Waals surface area contributed by atoms with Crippen molar-refractivity contribution in [2.75, 3.05) is 0 Å². The third-order valence-electron chi connectivity index (χ3n) is 3.99. The number of hydrogen-bond acceptors (Lipinski definition) is 3. The zero-order chi connectivity index (χ0) is 17.7. The Balaban J connectivity index is 2.71. The second-order valence-electron chi connectivity index (χ2n) is 5.56. The van der Waals surface area contributed by atoms with Gasteiger partial charge in [0.05, 0.1) is 24.5 Å². The first-order chi connectivity index (χ1) is 11.4. The molecule has 2 rings (SSSR count). The summed E-state index contributed by atoms with van der Waals surface area (Å²) in [4.78, 5) is 15.7. The molecular formula is C18H16ClN3O2. The number of benzene rings is 1. The molecule has 2 atom stereocenters. The average molecular weight is 342 g/mol. The molecule has 1 N–H and O–H groups in total. The lowest BCUT2D eigenvalue weighted by molar-refractivity contribution is -0.137. The van der Waals surface area contributed by atoms with E-state index in [0.717, 1.165) is 0 Å². The summed E-state index contributed by atoms with van der Waals surface area (Å²) in [5, 5.41) is 19.7. The lowest BCUT2D eigenvalue weighted by Gasteiger charge is -2.33. The van der Waals surface area contributed by atoms with Gasteiger partial charge in [0.1, 0.15) is 5.41 Å². The number of aryl methyl sites for hydroxylation is 1. The number of rotatable bonds is 6. The van der Waals surface area contributed by atoms with Crippen LogP contribution in [0.2, 0.25) is 5.02 Å². The quantitative estimate of drug-likeness (QED) is 0.819. The van der Waals surface area contributed by atoms with Crippen LogP contribution in [-0.4, -0.2) is 20.6 Å². The number of terminal acetylenes is 1. The van der Waals surface area contributed by atoms with Crippen LogP contribution in [0.3, 0.4) is 0 Å². The molecule has 1 heterocycles. The third kappa shape index (κ3) is 3.27. The Morgan fingerprint density at radius 3 is 2.75 bits per heavy atom. The number of carboxylic acid groups (broad SMARTS) is 1. The van der Waals surface area contributed by atoms with Crippen molar-refractivity contribution in [1.82, 2.24) is 9.55 Å². The SMILES string of the molecule is C#CCC(C#N)(c1ccccc1Cl)C(CC(=O)O)c1cn(C)cn1. The monoisotopic (exact) mass is 341 g/mol. The Morgan fingerprint density at radius 1 is 1.54 bits per heavy atom. The van der Waals surface area contributed by atoms with Gasteiger partial charge in [-0.25, -0.2) is 4.98 Å². The Labute approximate surface area is 145 Å². The standard InChI is InChI=1S/C18H16ClN3O2/c1-3-8-18(11-20,13-6-4-5-7-15(13)19)14(9-17(23)24)16-10-22(2)12-21-16/h1,4-7,10,12,14H,8-9H2,2H3,(H,23,24). The fraction of sp³-hybridized carbons (Fsp3) is 0.278. The van der Waals surface area contributed by atoms with Gasteiger partial charge in [0.15, 0.2) is 0 Å². The van der Waals surface area contributed by atoms with Crippen LogP contribution in [-0.2, 0) is 17.3 Å². The van der Waals surface area contributed by atoms with Crippen molar-refractivity contribution in [3.63, 3.8) is 0 Å². The summed E-state index contributed by atoms with van der Waals surface area (Å²) < 4.78 is 1.70. The predicted octanol–water partition coefficient (Wildman–Crippen LogP) is 3.12. The normalized spacial score (nSPS) is 14.2. The molecule has 1 aromatic carbocycles. The van der Waals surface area contributed by atoms with Crippen molar-refractivity contribution in [2.45, 2.75) is 24.2 Å². The highest BCUT2D eigenvalue weighted by Gasteiger charge is 2.44. The lowest BCUT2D eigenvalue weighted by Crippen LogP contribution is -2.34. The molecule has 0 amide bonds. The van der Waals surface area contributed by atoms with E-state index in [-0.39, 0.29) is 12.8 Å². The van der Waals surface area contributed by atoms with E-state index in [1.54, 1.807) is 48.4 Å². The highest BCUT2D eigenvalue weighted by Crippen LogP contribution is 2.45. The predicted molar refractivity (Wildman–Crippen MR) is 90.4 cm³/mol. The maximum absolute atomic E-state index is 11.4. The molecule has 122 valence electrons. The van der Waals surface area contributed by atoms with E-state index < -0.39 is 17.3 Å². The molecule has 1 aromatic heterocycles. The van der Waals surface area contributed by atoms with E-state index in [1.807, 2.05) is 0 Å². The second kappa shape index (κ2) is 7.21. The van der Waals surface area contributed by atoms with Crippen molar-refractivity contribution in [3.8, 4) is 18.4 Å². The molecule has 0 fully saturated rings. The minimum absolute atomic E-state index is 0.0295. The highest BCUT2D eigenvalue weighted by molar-refractivity contribution is 6.31. The molecule has 6 heteroatoms. The molecule has 5 nitrogen and oxygen atoms in total. The minimum atomic E-state index is -1.28. The number of hydrogen-bond donors (Lipinski definition) is 1. The van der Waals surface area contributed by atoms with E-state index in [0.29, 0.717) is 16.3 Å². The largest absolute Gasteiger partial charge is 0.481 e. The highest BCUT2D eigenvalue weighted by atomic mass is 35.5. The Morgan fingerprint density at radius 2 is 2.25 bits per heavy atom. The van der Waals surface area contributed by atoms with Crippen LogP contribution >= 0.6 is 11.6 Å². The minimum Gasteiger partial charge on any atom is -0.481 e. The first kappa shape index (κ1) is 17.6. The molecular weight excluding hydrogens is 326 g/mol. The topological polar surface area (TPSA) is 78.9 Å². The summed E-state index contributed by atoms with van der Waals surface area (Å²) in [6.45, 7) is 0. The molecule has 0 radical (unpaired) electrons. The molecule has 24 heavy (non-hydrogen) atoms. The van der Waals surface area contributed by atoms with Crippen molar-refractivity contribution in [3.05, 3.63) is 53.1 Å². The summed E-state index contributed by atoms with van der Waals surface area (Å²) >= 11 is 6.30. The van der Waals surface area contributed by atoms with Gasteiger partial charge in [-0.2, -0.15) is 5.26 Å². The summed E-state index contributed by atoms with van der Waals surface area (Å²) in [5.74, 6) is 0.749. The van der Waals surface area contributed by atoms with E-state index in [2.05, 4.69) is 17.0 Å². The fourth-order valence-electron chi connectivity index (χ4n) is 2.89. The maximum Gasteiger partial charge on any atom is 0.304 e. The number of carbonyl (C=O) groups is 1. The number of halogens is 1. The Kier molecular flexibility index (Phi) is 5.28. The van der Waals surface area contributed by atoms with Gasteiger partial charge >= 0.3 is 5.97 Å². The van der Waals surface area contributed by atoms with Gasteiger partial charge in [-0.15, -0.1) is 12.3 Å². The molecule has 0 aliphatic heterocycles. The lowest BCUT2D eigenvalue weighted by atomic mass is 9.66. The van der Waals surface area contributed by atoms with Crippen molar-refractivity contribution in [1.29, 1.82) is 5.26 Å². The third-order valence-corrected chi connectivity index (χ3v) is 4.32.